The third-order valence-corrected chi connectivity index (χ3v) is 7.19. The summed E-state index contributed by atoms with van der Waals surface area (Å²) >= 11 is 9.53. The van der Waals surface area contributed by atoms with E-state index in [0.29, 0.717) is 40.3 Å². The van der Waals surface area contributed by atoms with Crippen molar-refractivity contribution in [1.82, 2.24) is 0 Å². The summed E-state index contributed by atoms with van der Waals surface area (Å²) in [4.78, 5) is 13.7. The van der Waals surface area contributed by atoms with E-state index in [0.717, 1.165) is 28.2 Å². The van der Waals surface area contributed by atoms with E-state index >= 15 is 0 Å². The van der Waals surface area contributed by atoms with E-state index in [1.807, 2.05) is 61.5 Å². The Balaban J connectivity index is 1.62. The summed E-state index contributed by atoms with van der Waals surface area (Å²) in [5.41, 5.74) is 5.36. The van der Waals surface area contributed by atoms with Crippen LogP contribution in [0, 0.1) is 0 Å². The van der Waals surface area contributed by atoms with Gasteiger partial charge in [-0.1, -0.05) is 35.9 Å². The summed E-state index contributed by atoms with van der Waals surface area (Å²) in [5.74, 6) is 0.571. The largest absolute Gasteiger partial charge is 0.503 e. The molecular formula is C27H24BrClN2O3. The lowest BCUT2D eigenvalue weighted by molar-refractivity contribution is -0.116. The van der Waals surface area contributed by atoms with Crippen LogP contribution in [0.2, 0.25) is 5.02 Å². The molecule has 0 saturated carbocycles. The van der Waals surface area contributed by atoms with Crippen LogP contribution in [0.1, 0.15) is 42.9 Å². The number of allylic oxidation sites excluding steroid dienone is 1. The molecule has 0 radical (unpaired) electrons. The molecule has 3 aromatic carbocycles. The van der Waals surface area contributed by atoms with E-state index in [1.165, 1.54) is 0 Å². The van der Waals surface area contributed by atoms with E-state index in [-0.39, 0.29) is 17.5 Å². The summed E-state index contributed by atoms with van der Waals surface area (Å²) in [5, 5.41) is 18.2. The smallest absolute Gasteiger partial charge is 0.172 e. The molecule has 0 saturated heterocycles. The van der Waals surface area contributed by atoms with Gasteiger partial charge in [-0.3, -0.25) is 4.79 Å². The Labute approximate surface area is 211 Å². The lowest BCUT2D eigenvalue weighted by Crippen LogP contribution is -2.27. The van der Waals surface area contributed by atoms with Crippen molar-refractivity contribution >= 4 is 44.7 Å². The molecule has 1 aliphatic heterocycles. The molecule has 174 valence electrons. The molecule has 2 atom stereocenters. The maximum atomic E-state index is 13.7. The SMILES string of the molecule is CCOc1cc([C@@H]2Nc3ccccc3NC3=C2C(=O)C[C@@H](c2ccc(Cl)cc2)C3)cc(Br)c1O. The number of phenolic OH excluding ortho intramolecular Hbond substituents is 1. The Morgan fingerprint density at radius 2 is 1.79 bits per heavy atom. The zero-order valence-electron chi connectivity index (χ0n) is 18.6. The first-order chi connectivity index (χ1) is 16.4. The van der Waals surface area contributed by atoms with E-state index in [1.54, 1.807) is 6.07 Å². The van der Waals surface area contributed by atoms with Gasteiger partial charge in [0.25, 0.3) is 0 Å². The number of phenols is 1. The molecule has 0 unspecified atom stereocenters. The van der Waals surface area contributed by atoms with Crippen LogP contribution >= 0.6 is 27.5 Å². The molecule has 0 amide bonds. The van der Waals surface area contributed by atoms with Crippen molar-refractivity contribution in [2.45, 2.75) is 31.7 Å². The summed E-state index contributed by atoms with van der Waals surface area (Å²) < 4.78 is 6.18. The van der Waals surface area contributed by atoms with Crippen molar-refractivity contribution in [3.63, 3.8) is 0 Å². The fourth-order valence-corrected chi connectivity index (χ4v) is 5.32. The Morgan fingerprint density at radius 1 is 1.06 bits per heavy atom. The number of Topliss-reactive ketones (excluding diaryl/α,β-unsaturated/α-hetero) is 1. The summed E-state index contributed by atoms with van der Waals surface area (Å²) in [6.07, 6.45) is 1.11. The fourth-order valence-electron chi connectivity index (χ4n) is 4.74. The monoisotopic (exact) mass is 538 g/mol. The molecule has 0 fully saturated rings. The summed E-state index contributed by atoms with van der Waals surface area (Å²) in [7, 11) is 0. The van der Waals surface area contributed by atoms with Crippen LogP contribution in [0.25, 0.3) is 0 Å². The highest BCUT2D eigenvalue weighted by Crippen LogP contribution is 2.46. The predicted octanol–water partition coefficient (Wildman–Crippen LogP) is 7.19. The molecule has 1 heterocycles. The molecule has 1 aliphatic carbocycles. The van der Waals surface area contributed by atoms with Gasteiger partial charge < -0.3 is 20.5 Å². The van der Waals surface area contributed by atoms with E-state index in [9.17, 15) is 9.90 Å². The van der Waals surface area contributed by atoms with E-state index in [2.05, 4.69) is 26.6 Å². The Kier molecular flexibility index (Phi) is 6.28. The van der Waals surface area contributed by atoms with Gasteiger partial charge in [-0.2, -0.15) is 0 Å². The average molecular weight is 540 g/mol. The molecule has 0 bridgehead atoms. The second kappa shape index (κ2) is 9.35. The highest BCUT2D eigenvalue weighted by atomic mass is 79.9. The molecular weight excluding hydrogens is 516 g/mol. The second-order valence-electron chi connectivity index (χ2n) is 8.50. The summed E-state index contributed by atoms with van der Waals surface area (Å²) in [6.45, 7) is 2.29. The van der Waals surface area contributed by atoms with Crippen LogP contribution < -0.4 is 15.4 Å². The molecule has 3 N–H and O–H groups in total. The van der Waals surface area contributed by atoms with Crippen molar-refractivity contribution in [1.29, 1.82) is 0 Å². The number of hydrogen-bond acceptors (Lipinski definition) is 5. The normalized spacial score (nSPS) is 19.4. The van der Waals surface area contributed by atoms with Crippen LogP contribution in [-0.4, -0.2) is 17.5 Å². The number of rotatable bonds is 4. The van der Waals surface area contributed by atoms with Gasteiger partial charge in [0.2, 0.25) is 0 Å². The molecule has 3 aromatic rings. The van der Waals surface area contributed by atoms with Gasteiger partial charge in [0.1, 0.15) is 0 Å². The zero-order chi connectivity index (χ0) is 23.8. The number of ketones is 1. The minimum Gasteiger partial charge on any atom is -0.503 e. The number of para-hydroxylation sites is 2. The van der Waals surface area contributed by atoms with Gasteiger partial charge in [-0.25, -0.2) is 0 Å². The van der Waals surface area contributed by atoms with Crippen LogP contribution in [0.3, 0.4) is 0 Å². The number of aromatic hydroxyl groups is 1. The number of carbonyl (C=O) groups excluding carboxylic acids is 1. The molecule has 7 heteroatoms. The van der Waals surface area contributed by atoms with Crippen LogP contribution in [-0.2, 0) is 4.79 Å². The lowest BCUT2D eigenvalue weighted by atomic mass is 9.78. The zero-order valence-corrected chi connectivity index (χ0v) is 20.9. The highest BCUT2D eigenvalue weighted by molar-refractivity contribution is 9.10. The number of hydrogen-bond donors (Lipinski definition) is 3. The predicted molar refractivity (Wildman–Crippen MR) is 139 cm³/mol. The number of nitrogens with one attached hydrogen (secondary N) is 2. The number of halogens is 2. The first-order valence-electron chi connectivity index (χ1n) is 11.2. The Hall–Kier alpha value is -2.96. The van der Waals surface area contributed by atoms with Crippen LogP contribution in [0.5, 0.6) is 11.5 Å². The maximum absolute atomic E-state index is 13.7. The van der Waals surface area contributed by atoms with Gasteiger partial charge in [0.15, 0.2) is 17.3 Å². The third-order valence-electron chi connectivity index (χ3n) is 6.33. The minimum absolute atomic E-state index is 0.0460. The highest BCUT2D eigenvalue weighted by Gasteiger charge is 2.36. The molecule has 5 rings (SSSR count). The second-order valence-corrected chi connectivity index (χ2v) is 9.79. The number of benzene rings is 3. The fraction of sp³-hybridized carbons (Fsp3) is 0.222. The third kappa shape index (κ3) is 4.28. The van der Waals surface area contributed by atoms with Gasteiger partial charge in [0, 0.05) is 22.7 Å². The number of carbonyl (C=O) groups is 1. The topological polar surface area (TPSA) is 70.6 Å². The number of ether oxygens (including phenoxy) is 1. The van der Waals surface area contributed by atoms with Gasteiger partial charge in [0.05, 0.1) is 28.5 Å². The lowest BCUT2D eigenvalue weighted by Gasteiger charge is -2.30. The quantitative estimate of drug-likeness (QED) is 0.327. The standard InChI is InChI=1S/C27H24BrClN2O3/c1-2-34-24-14-17(11-19(28)27(24)33)26-25-22(30-20-5-3-4-6-21(20)31-26)12-16(13-23(25)32)15-7-9-18(29)10-8-15/h3-11,14,16,26,30-31,33H,2,12-13H2,1H3/t16-,26-/m0/s1. The van der Waals surface area contributed by atoms with Gasteiger partial charge in [-0.15, -0.1) is 0 Å². The maximum Gasteiger partial charge on any atom is 0.172 e. The average Bonchev–Trinajstić information content (AvgIpc) is 2.99. The molecule has 5 nitrogen and oxygen atoms in total. The van der Waals surface area contributed by atoms with Crippen molar-refractivity contribution < 1.29 is 14.6 Å². The molecule has 2 aliphatic rings. The van der Waals surface area contributed by atoms with Gasteiger partial charge in [-0.05, 0) is 82.7 Å². The van der Waals surface area contributed by atoms with Crippen molar-refractivity contribution in [3.05, 3.63) is 92.6 Å². The van der Waals surface area contributed by atoms with Gasteiger partial charge >= 0.3 is 0 Å². The van der Waals surface area contributed by atoms with Crippen molar-refractivity contribution in [3.8, 4) is 11.5 Å². The Morgan fingerprint density at radius 3 is 2.53 bits per heavy atom. The van der Waals surface area contributed by atoms with Crippen molar-refractivity contribution in [2.24, 2.45) is 0 Å². The van der Waals surface area contributed by atoms with Crippen molar-refractivity contribution in [2.75, 3.05) is 17.2 Å². The molecule has 0 aromatic heterocycles. The van der Waals surface area contributed by atoms with E-state index < -0.39 is 6.04 Å². The Bertz CT molecular complexity index is 1290. The number of fused-ring (bicyclic) bond motifs is 1. The first kappa shape index (κ1) is 22.8. The number of anilines is 2. The molecule has 0 spiro atoms. The summed E-state index contributed by atoms with van der Waals surface area (Å²) in [6, 6.07) is 18.9. The minimum atomic E-state index is -0.402. The van der Waals surface area contributed by atoms with Crippen LogP contribution in [0.4, 0.5) is 11.4 Å². The van der Waals surface area contributed by atoms with E-state index in [4.69, 9.17) is 16.3 Å². The van der Waals surface area contributed by atoms with Crippen LogP contribution in [0.15, 0.2) is 76.4 Å². The molecule has 34 heavy (non-hydrogen) atoms. The first-order valence-corrected chi connectivity index (χ1v) is 12.4.